The molecule has 0 fully saturated rings. The quantitative estimate of drug-likeness (QED) is 0.346. The number of halogens is 3. The van der Waals surface area contributed by atoms with E-state index >= 15 is 0 Å². The zero-order chi connectivity index (χ0) is 28.0. The summed E-state index contributed by atoms with van der Waals surface area (Å²) in [5, 5.41) is 6.09. The molecular weight excluding hydrogens is 523 g/mol. The first kappa shape index (κ1) is 25.2. The van der Waals surface area contributed by atoms with Crippen LogP contribution in [-0.2, 0) is 19.8 Å². The van der Waals surface area contributed by atoms with Crippen LogP contribution >= 0.6 is 0 Å². The second-order valence-electron chi connectivity index (χ2n) is 9.30. The molecule has 0 spiro atoms. The van der Waals surface area contributed by atoms with Crippen LogP contribution in [-0.4, -0.2) is 41.5 Å². The van der Waals surface area contributed by atoms with Crippen LogP contribution in [0.3, 0.4) is 0 Å². The number of imidazole rings is 1. The molecule has 3 aliphatic rings. The second-order valence-corrected chi connectivity index (χ2v) is 9.30. The maximum Gasteiger partial charge on any atom is 0.416 e. The van der Waals surface area contributed by atoms with Gasteiger partial charge in [0.1, 0.15) is 17.3 Å². The van der Waals surface area contributed by atoms with E-state index in [9.17, 15) is 18.0 Å². The lowest BCUT2D eigenvalue weighted by molar-refractivity contribution is -0.137. The lowest BCUT2D eigenvalue weighted by Gasteiger charge is -2.19. The fourth-order valence-corrected chi connectivity index (χ4v) is 4.59. The number of aromatic nitrogens is 6. The number of hydrogen-bond acceptors (Lipinski definition) is 7. The molecule has 2 aromatic heterocycles. The molecule has 10 nitrogen and oxygen atoms in total. The summed E-state index contributed by atoms with van der Waals surface area (Å²) in [6.07, 6.45) is 1.54. The van der Waals surface area contributed by atoms with Gasteiger partial charge in [-0.1, -0.05) is 6.07 Å². The largest absolute Gasteiger partial charge is 0.416 e. The van der Waals surface area contributed by atoms with E-state index in [4.69, 9.17) is 0 Å². The molecule has 2 N–H and O–H groups in total. The predicted octanol–water partition coefficient (Wildman–Crippen LogP) is 4.42. The SMILES string of the molecule is Cc1ccc(NC(=O)c2cc(C(F)(F)F)ccn2)cc1-c1cc2cnc(=Nc3nccn3C)nc-2n2c1NCC2. The highest BCUT2D eigenvalue weighted by molar-refractivity contribution is 6.03. The van der Waals surface area contributed by atoms with Gasteiger partial charge in [0.15, 0.2) is 0 Å². The molecule has 40 heavy (non-hydrogen) atoms. The van der Waals surface area contributed by atoms with Gasteiger partial charge in [0.25, 0.3) is 11.5 Å². The van der Waals surface area contributed by atoms with Crippen LogP contribution in [0, 0.1) is 6.92 Å². The number of hydrogen-bond donors (Lipinski definition) is 2. The average Bonchev–Trinajstić information content (AvgIpc) is 3.59. The number of carbonyl (C=O) groups is 1. The summed E-state index contributed by atoms with van der Waals surface area (Å²) in [4.78, 5) is 34.3. The van der Waals surface area contributed by atoms with Crippen LogP contribution < -0.4 is 16.3 Å². The molecule has 0 unspecified atom stereocenters. The fraction of sp³-hybridized carbons (Fsp3) is 0.185. The number of amides is 1. The van der Waals surface area contributed by atoms with E-state index in [-0.39, 0.29) is 5.69 Å². The summed E-state index contributed by atoms with van der Waals surface area (Å²) in [6, 6.07) is 8.84. The highest BCUT2D eigenvalue weighted by Gasteiger charge is 2.31. The van der Waals surface area contributed by atoms with Gasteiger partial charge in [0.05, 0.1) is 5.56 Å². The zero-order valence-corrected chi connectivity index (χ0v) is 21.4. The van der Waals surface area contributed by atoms with Gasteiger partial charge in [-0.15, -0.1) is 0 Å². The van der Waals surface area contributed by atoms with Gasteiger partial charge >= 0.3 is 6.18 Å². The Hall–Kier alpha value is -5.07. The summed E-state index contributed by atoms with van der Waals surface area (Å²) in [7, 11) is 1.84. The van der Waals surface area contributed by atoms with Crippen LogP contribution in [0.5, 0.6) is 0 Å². The van der Waals surface area contributed by atoms with Gasteiger partial charge in [0.2, 0.25) is 5.95 Å². The number of nitrogens with one attached hydrogen (secondary N) is 2. The van der Waals surface area contributed by atoms with Crippen LogP contribution in [0.15, 0.2) is 66.2 Å². The predicted molar refractivity (Wildman–Crippen MR) is 141 cm³/mol. The number of fused-ring (bicyclic) bond motifs is 3. The molecule has 6 rings (SSSR count). The molecule has 0 aliphatic carbocycles. The second kappa shape index (κ2) is 9.59. The number of alkyl halides is 3. The van der Waals surface area contributed by atoms with Crippen molar-refractivity contribution in [3.63, 3.8) is 0 Å². The van der Waals surface area contributed by atoms with Gasteiger partial charge in [-0.2, -0.15) is 23.1 Å². The molecular formula is C27H22F3N9O. The van der Waals surface area contributed by atoms with Crippen LogP contribution in [0.25, 0.3) is 22.5 Å². The van der Waals surface area contributed by atoms with E-state index in [2.05, 4.69) is 40.1 Å². The maximum atomic E-state index is 13.1. The monoisotopic (exact) mass is 545 g/mol. The third-order valence-corrected chi connectivity index (χ3v) is 6.59. The van der Waals surface area contributed by atoms with Crippen molar-refractivity contribution < 1.29 is 18.0 Å². The Bertz CT molecular complexity index is 1810. The van der Waals surface area contributed by atoms with E-state index < -0.39 is 17.6 Å². The molecule has 0 radical (unpaired) electrons. The lowest BCUT2D eigenvalue weighted by Crippen LogP contribution is -2.18. The Morgan fingerprint density at radius 3 is 2.70 bits per heavy atom. The number of benzene rings is 1. The Morgan fingerprint density at radius 1 is 1.07 bits per heavy atom. The summed E-state index contributed by atoms with van der Waals surface area (Å²) in [5.41, 5.74) is 2.87. The van der Waals surface area contributed by atoms with Crippen LogP contribution in [0.2, 0.25) is 0 Å². The van der Waals surface area contributed by atoms with Gasteiger partial charge in [-0.25, -0.2) is 9.97 Å². The molecule has 5 heterocycles. The number of anilines is 2. The van der Waals surface area contributed by atoms with Crippen molar-refractivity contribution in [1.82, 2.24) is 29.1 Å². The first-order chi connectivity index (χ1) is 19.2. The number of aryl methyl sites for hydroxylation is 2. The normalized spacial score (nSPS) is 13.4. The molecule has 202 valence electrons. The number of rotatable bonds is 4. The van der Waals surface area contributed by atoms with Crippen LogP contribution in [0.4, 0.5) is 30.6 Å². The highest BCUT2D eigenvalue weighted by Crippen LogP contribution is 2.39. The van der Waals surface area contributed by atoms with Crippen molar-refractivity contribution in [1.29, 1.82) is 0 Å². The van der Waals surface area contributed by atoms with E-state index in [1.54, 1.807) is 35.3 Å². The van der Waals surface area contributed by atoms with Crippen molar-refractivity contribution in [2.45, 2.75) is 19.6 Å². The third-order valence-electron chi connectivity index (χ3n) is 6.59. The molecule has 3 aromatic rings. The minimum Gasteiger partial charge on any atom is -0.369 e. The van der Waals surface area contributed by atoms with Crippen molar-refractivity contribution in [2.24, 2.45) is 12.0 Å². The summed E-state index contributed by atoms with van der Waals surface area (Å²) < 4.78 is 43.1. The molecule has 1 amide bonds. The first-order valence-corrected chi connectivity index (χ1v) is 12.3. The van der Waals surface area contributed by atoms with E-state index in [1.807, 2.05) is 26.1 Å². The van der Waals surface area contributed by atoms with Crippen LogP contribution in [0.1, 0.15) is 21.6 Å². The lowest BCUT2D eigenvalue weighted by atomic mass is 9.98. The first-order valence-electron chi connectivity index (χ1n) is 12.3. The molecule has 13 heteroatoms. The average molecular weight is 546 g/mol. The molecule has 0 saturated carbocycles. The Kier molecular flexibility index (Phi) is 6.05. The fourth-order valence-electron chi connectivity index (χ4n) is 4.59. The van der Waals surface area contributed by atoms with Crippen molar-refractivity contribution in [3.8, 4) is 22.5 Å². The van der Waals surface area contributed by atoms with Crippen molar-refractivity contribution in [3.05, 3.63) is 83.6 Å². The minimum atomic E-state index is -4.58. The minimum absolute atomic E-state index is 0.292. The maximum absolute atomic E-state index is 13.1. The van der Waals surface area contributed by atoms with E-state index in [0.717, 1.165) is 46.4 Å². The van der Waals surface area contributed by atoms with Gasteiger partial charge in [-0.3, -0.25) is 9.78 Å². The Labute approximate surface area is 225 Å². The highest BCUT2D eigenvalue weighted by atomic mass is 19.4. The zero-order valence-electron chi connectivity index (χ0n) is 21.4. The topological polar surface area (TPSA) is 115 Å². The Morgan fingerprint density at radius 2 is 1.93 bits per heavy atom. The summed E-state index contributed by atoms with van der Waals surface area (Å²) >= 11 is 0. The standard InChI is InChI=1S/C27H22F3N9O/c1-15-3-4-18(35-24(40)21-12-17(5-6-31-21)27(28,29)30)13-19(15)20-11-16-14-34-25(37-26-33-7-9-38(26)2)36-22(16)39-10-8-32-23(20)39/h3-7,9,11-14,32H,8,10H2,1-2H3,(H,35,40). The molecule has 0 saturated heterocycles. The number of pyridine rings is 2. The number of nitrogens with zero attached hydrogens (tertiary/aromatic N) is 7. The summed E-state index contributed by atoms with van der Waals surface area (Å²) in [5.74, 6) is 1.31. The Balaban J connectivity index is 1.38. The number of carbonyl (C=O) groups excluding carboxylic acids is 1. The van der Waals surface area contributed by atoms with Gasteiger partial charge in [0, 0.05) is 61.7 Å². The smallest absolute Gasteiger partial charge is 0.369 e. The van der Waals surface area contributed by atoms with E-state index in [0.29, 0.717) is 36.2 Å². The summed E-state index contributed by atoms with van der Waals surface area (Å²) in [6.45, 7) is 3.31. The molecule has 1 aromatic carbocycles. The van der Waals surface area contributed by atoms with Gasteiger partial charge in [-0.05, 0) is 48.4 Å². The van der Waals surface area contributed by atoms with E-state index in [1.165, 1.54) is 0 Å². The van der Waals surface area contributed by atoms with Crippen molar-refractivity contribution >= 4 is 23.4 Å². The molecule has 3 aliphatic heterocycles. The van der Waals surface area contributed by atoms with Gasteiger partial charge < -0.3 is 19.8 Å². The third kappa shape index (κ3) is 4.65. The molecule has 0 bridgehead atoms. The van der Waals surface area contributed by atoms with Crippen molar-refractivity contribution in [2.75, 3.05) is 17.2 Å². The molecule has 0 atom stereocenters.